The Hall–Kier alpha value is -3.33. The molecule has 2 aromatic heterocycles. The van der Waals surface area contributed by atoms with E-state index < -0.39 is 0 Å². The number of benzene rings is 2. The Kier molecular flexibility index (Phi) is 5.28. The summed E-state index contributed by atoms with van der Waals surface area (Å²) < 4.78 is 3.90. The second-order valence-electron chi connectivity index (χ2n) is 9.02. The Bertz CT molecular complexity index is 1400. The Balaban J connectivity index is 1.28. The summed E-state index contributed by atoms with van der Waals surface area (Å²) in [5, 5.41) is 9.47. The van der Waals surface area contributed by atoms with Crippen molar-refractivity contribution in [1.82, 2.24) is 24.1 Å². The average molecular weight is 475 g/mol. The smallest absolute Gasteiger partial charge is 0.242 e. The van der Waals surface area contributed by atoms with Crippen LogP contribution in [0.3, 0.4) is 0 Å². The van der Waals surface area contributed by atoms with E-state index in [1.807, 2.05) is 61.2 Å². The van der Waals surface area contributed by atoms with Crippen molar-refractivity contribution >= 4 is 46.1 Å². The van der Waals surface area contributed by atoms with E-state index in [2.05, 4.69) is 23.2 Å². The molecule has 4 heterocycles. The lowest BCUT2D eigenvalue weighted by atomic mass is 10.1. The molecule has 0 aliphatic carbocycles. The zero-order valence-corrected chi connectivity index (χ0v) is 19.9. The Labute approximate surface area is 201 Å². The van der Waals surface area contributed by atoms with Crippen LogP contribution < -0.4 is 4.90 Å². The molecule has 8 nitrogen and oxygen atoms in total. The van der Waals surface area contributed by atoms with Gasteiger partial charge in [0.15, 0.2) is 5.16 Å². The summed E-state index contributed by atoms with van der Waals surface area (Å²) >= 11 is 1.39. The number of anilines is 1. The highest BCUT2D eigenvalue weighted by atomic mass is 32.2. The fourth-order valence-electron chi connectivity index (χ4n) is 5.23. The van der Waals surface area contributed by atoms with Gasteiger partial charge in [-0.1, -0.05) is 42.1 Å². The number of carbonyl (C=O) groups excluding carboxylic acids is 2. The molecular formula is C25H26N6O2S. The molecule has 1 saturated heterocycles. The highest BCUT2D eigenvalue weighted by Gasteiger charge is 2.31. The van der Waals surface area contributed by atoms with Gasteiger partial charge in [-0.05, 0) is 49.9 Å². The Morgan fingerprint density at radius 1 is 0.971 bits per heavy atom. The van der Waals surface area contributed by atoms with Gasteiger partial charge in [-0.2, -0.15) is 0 Å². The van der Waals surface area contributed by atoms with E-state index in [-0.39, 0.29) is 30.2 Å². The fourth-order valence-corrected chi connectivity index (χ4v) is 6.03. The van der Waals surface area contributed by atoms with Crippen molar-refractivity contribution in [2.75, 3.05) is 23.7 Å². The molecule has 1 fully saturated rings. The van der Waals surface area contributed by atoms with Crippen LogP contribution >= 0.6 is 11.8 Å². The minimum Gasteiger partial charge on any atom is -0.341 e. The zero-order chi connectivity index (χ0) is 23.2. The van der Waals surface area contributed by atoms with Crippen LogP contribution in [0.1, 0.15) is 25.3 Å². The molecule has 0 saturated carbocycles. The molecule has 0 unspecified atom stereocenters. The molecule has 2 aliphatic heterocycles. The van der Waals surface area contributed by atoms with Crippen molar-refractivity contribution in [3.8, 4) is 0 Å². The maximum atomic E-state index is 13.2. The van der Waals surface area contributed by atoms with Gasteiger partial charge in [-0.15, -0.1) is 10.2 Å². The molecule has 174 valence electrons. The van der Waals surface area contributed by atoms with E-state index in [0.717, 1.165) is 49.1 Å². The molecule has 2 amide bonds. The van der Waals surface area contributed by atoms with E-state index in [1.165, 1.54) is 17.3 Å². The predicted octanol–water partition coefficient (Wildman–Crippen LogP) is 3.38. The Morgan fingerprint density at radius 2 is 1.71 bits per heavy atom. The van der Waals surface area contributed by atoms with Crippen molar-refractivity contribution in [3.63, 3.8) is 0 Å². The number of hydrogen-bond donors (Lipinski definition) is 0. The second kappa shape index (κ2) is 8.47. The fraction of sp³-hybridized carbons (Fsp3) is 0.360. The van der Waals surface area contributed by atoms with Gasteiger partial charge in [-0.3, -0.25) is 18.6 Å². The van der Waals surface area contributed by atoms with Gasteiger partial charge in [0.1, 0.15) is 6.54 Å². The lowest BCUT2D eigenvalue weighted by molar-refractivity contribution is -0.130. The molecule has 0 N–H and O–H groups in total. The predicted molar refractivity (Wildman–Crippen MR) is 132 cm³/mol. The van der Waals surface area contributed by atoms with Crippen molar-refractivity contribution in [2.45, 2.75) is 43.9 Å². The Morgan fingerprint density at radius 3 is 2.53 bits per heavy atom. The summed E-state index contributed by atoms with van der Waals surface area (Å²) in [5.74, 6) is 1.07. The van der Waals surface area contributed by atoms with E-state index in [9.17, 15) is 9.59 Å². The number of hydrogen-bond acceptors (Lipinski definition) is 5. The number of aromatic nitrogens is 4. The first-order valence-electron chi connectivity index (χ1n) is 11.7. The zero-order valence-electron chi connectivity index (χ0n) is 19.1. The SMILES string of the molecule is C[C@H]1Cc2ccccc2N1C(=O)CSc1nnc2n(CC(=O)N3CCCC3)c3ccccc3n12. The molecule has 4 aromatic rings. The van der Waals surface area contributed by atoms with Crippen molar-refractivity contribution < 1.29 is 9.59 Å². The van der Waals surface area contributed by atoms with Crippen LogP contribution in [-0.4, -0.2) is 60.8 Å². The van der Waals surface area contributed by atoms with Crippen LogP contribution in [0.5, 0.6) is 0 Å². The standard InChI is InChI=1S/C25H26N6O2S/c1-17-14-18-8-2-3-9-19(18)30(17)23(33)16-34-25-27-26-24-29(15-22(32)28-12-6-7-13-28)20-10-4-5-11-21(20)31(24)25/h2-5,8-11,17H,6-7,12-16H2,1H3/t17-/m0/s1. The van der Waals surface area contributed by atoms with E-state index in [4.69, 9.17) is 0 Å². The van der Waals surface area contributed by atoms with Crippen LogP contribution in [0.15, 0.2) is 53.7 Å². The summed E-state index contributed by atoms with van der Waals surface area (Å²) in [7, 11) is 0. The first-order valence-corrected chi connectivity index (χ1v) is 12.7. The van der Waals surface area contributed by atoms with Crippen LogP contribution in [0.4, 0.5) is 5.69 Å². The third-order valence-corrected chi connectivity index (χ3v) is 7.74. The molecule has 2 aromatic carbocycles. The highest BCUT2D eigenvalue weighted by Crippen LogP contribution is 2.33. The third kappa shape index (κ3) is 3.46. The van der Waals surface area contributed by atoms with E-state index >= 15 is 0 Å². The van der Waals surface area contributed by atoms with Crippen LogP contribution in [0.25, 0.3) is 16.8 Å². The quantitative estimate of drug-likeness (QED) is 0.415. The van der Waals surface area contributed by atoms with Crippen LogP contribution in [-0.2, 0) is 22.6 Å². The third-order valence-electron chi connectivity index (χ3n) is 6.82. The van der Waals surface area contributed by atoms with E-state index in [0.29, 0.717) is 10.9 Å². The largest absolute Gasteiger partial charge is 0.341 e. The number of imidazole rings is 1. The number of carbonyl (C=O) groups is 2. The first-order chi connectivity index (χ1) is 16.6. The molecule has 9 heteroatoms. The van der Waals surface area contributed by atoms with Gasteiger partial charge in [0.25, 0.3) is 0 Å². The van der Waals surface area contributed by atoms with Crippen LogP contribution in [0.2, 0.25) is 0 Å². The number of likely N-dealkylation sites (tertiary alicyclic amines) is 1. The monoisotopic (exact) mass is 474 g/mol. The van der Waals surface area contributed by atoms with E-state index in [1.54, 1.807) is 0 Å². The van der Waals surface area contributed by atoms with Gasteiger partial charge in [0.2, 0.25) is 17.6 Å². The summed E-state index contributed by atoms with van der Waals surface area (Å²) in [6, 6.07) is 16.2. The summed E-state index contributed by atoms with van der Waals surface area (Å²) in [6.45, 7) is 3.97. The minimum absolute atomic E-state index is 0.0622. The van der Waals surface area contributed by atoms with Crippen molar-refractivity contribution in [1.29, 1.82) is 0 Å². The van der Waals surface area contributed by atoms with Gasteiger partial charge >= 0.3 is 0 Å². The number of amides is 2. The average Bonchev–Trinajstić information content (AvgIpc) is 3.62. The molecule has 0 bridgehead atoms. The highest BCUT2D eigenvalue weighted by molar-refractivity contribution is 7.99. The lowest BCUT2D eigenvalue weighted by Gasteiger charge is -2.22. The summed E-state index contributed by atoms with van der Waals surface area (Å²) in [5.41, 5.74) is 4.09. The van der Waals surface area contributed by atoms with Gasteiger partial charge in [0, 0.05) is 24.8 Å². The number of fused-ring (bicyclic) bond motifs is 4. The van der Waals surface area contributed by atoms with Crippen molar-refractivity contribution in [3.05, 3.63) is 54.1 Å². The van der Waals surface area contributed by atoms with Crippen molar-refractivity contribution in [2.24, 2.45) is 0 Å². The van der Waals surface area contributed by atoms with Gasteiger partial charge in [0.05, 0.1) is 16.8 Å². The molecule has 0 spiro atoms. The maximum Gasteiger partial charge on any atom is 0.242 e. The maximum absolute atomic E-state index is 13.2. The summed E-state index contributed by atoms with van der Waals surface area (Å²) in [6.07, 6.45) is 3.00. The number of nitrogens with zero attached hydrogens (tertiary/aromatic N) is 6. The second-order valence-corrected chi connectivity index (χ2v) is 9.96. The molecule has 6 rings (SSSR count). The molecule has 34 heavy (non-hydrogen) atoms. The normalized spacial score (nSPS) is 17.7. The number of para-hydroxylation sites is 3. The molecule has 0 radical (unpaired) electrons. The minimum atomic E-state index is 0.0622. The molecular weight excluding hydrogens is 448 g/mol. The van der Waals surface area contributed by atoms with Crippen LogP contribution in [0, 0.1) is 0 Å². The van der Waals surface area contributed by atoms with Gasteiger partial charge in [-0.25, -0.2) is 0 Å². The lowest BCUT2D eigenvalue weighted by Crippen LogP contribution is -2.37. The topological polar surface area (TPSA) is 75.7 Å². The first kappa shape index (κ1) is 21.2. The number of rotatable bonds is 5. The summed E-state index contributed by atoms with van der Waals surface area (Å²) in [4.78, 5) is 29.9. The van der Waals surface area contributed by atoms with Gasteiger partial charge < -0.3 is 9.80 Å². The molecule has 1 atom stereocenters. The molecule has 2 aliphatic rings. The number of thioether (sulfide) groups is 1.